The van der Waals surface area contributed by atoms with E-state index in [9.17, 15) is 19.1 Å². The van der Waals surface area contributed by atoms with Gasteiger partial charge in [0.25, 0.3) is 0 Å². The lowest BCUT2D eigenvalue weighted by Gasteiger charge is -2.15. The maximum Gasteiger partial charge on any atom is 0.413 e. The van der Waals surface area contributed by atoms with Crippen LogP contribution >= 0.6 is 0 Å². The second-order valence-corrected chi connectivity index (χ2v) is 4.75. The van der Waals surface area contributed by atoms with E-state index in [1.165, 1.54) is 6.08 Å². The average Bonchev–Trinajstić information content (AvgIpc) is 2.89. The summed E-state index contributed by atoms with van der Waals surface area (Å²) >= 11 is 0. The van der Waals surface area contributed by atoms with Gasteiger partial charge in [-0.3, -0.25) is 9.88 Å². The van der Waals surface area contributed by atoms with Crippen LogP contribution in [-0.4, -0.2) is 51.3 Å². The lowest BCUT2D eigenvalue weighted by Crippen LogP contribution is -2.30. The number of aliphatic hydroxyl groups excluding tert-OH is 2. The predicted octanol–water partition coefficient (Wildman–Crippen LogP) is -0.242. The number of aliphatic hydroxyl groups is 2. The van der Waals surface area contributed by atoms with Crippen LogP contribution < -0.4 is 11.0 Å². The van der Waals surface area contributed by atoms with Crippen molar-refractivity contribution in [3.05, 3.63) is 35.2 Å². The third-order valence-corrected chi connectivity index (χ3v) is 3.15. The first-order chi connectivity index (χ1) is 11.0. The van der Waals surface area contributed by atoms with Gasteiger partial charge in [-0.05, 0) is 0 Å². The normalized spacial score (nSPS) is 23.5. The average molecular weight is 329 g/mol. The Morgan fingerprint density at radius 2 is 2.43 bits per heavy atom. The number of halogens is 1. The smallest absolute Gasteiger partial charge is 0.413 e. The fourth-order valence-corrected chi connectivity index (χ4v) is 2.06. The minimum absolute atomic E-state index is 0.000402. The van der Waals surface area contributed by atoms with Crippen molar-refractivity contribution in [3.63, 3.8) is 0 Å². The molecule has 126 valence electrons. The third-order valence-electron chi connectivity index (χ3n) is 3.15. The number of anilines is 1. The van der Waals surface area contributed by atoms with Crippen LogP contribution in [0, 0.1) is 5.82 Å². The van der Waals surface area contributed by atoms with E-state index in [0.29, 0.717) is 0 Å². The van der Waals surface area contributed by atoms with Crippen LogP contribution in [0.1, 0.15) is 12.6 Å². The molecule has 9 nitrogen and oxygen atoms in total. The van der Waals surface area contributed by atoms with Crippen molar-refractivity contribution in [1.29, 1.82) is 0 Å². The minimum atomic E-state index is -0.985. The topological polar surface area (TPSA) is 123 Å². The summed E-state index contributed by atoms with van der Waals surface area (Å²) in [5.41, 5.74) is -0.888. The molecule has 0 aromatic carbocycles. The molecular formula is C13H16FN3O6. The van der Waals surface area contributed by atoms with E-state index in [2.05, 4.69) is 16.3 Å². The number of carbonyl (C=O) groups excluding carboxylic acids is 1. The number of ether oxygens (including phenoxy) is 2. The Morgan fingerprint density at radius 3 is 3.04 bits per heavy atom. The second kappa shape index (κ2) is 7.31. The van der Waals surface area contributed by atoms with Gasteiger partial charge in [0, 0.05) is 6.42 Å². The zero-order valence-corrected chi connectivity index (χ0v) is 12.0. The number of rotatable bonds is 5. The highest BCUT2D eigenvalue weighted by Crippen LogP contribution is 2.27. The highest BCUT2D eigenvalue weighted by Gasteiger charge is 2.35. The fraction of sp³-hybridized carbons (Fsp3) is 0.462. The molecule has 1 saturated heterocycles. The van der Waals surface area contributed by atoms with Gasteiger partial charge in [-0.25, -0.2) is 14.0 Å². The molecule has 0 aliphatic carbocycles. The van der Waals surface area contributed by atoms with E-state index in [0.717, 1.165) is 10.8 Å². The Labute approximate surface area is 130 Å². The van der Waals surface area contributed by atoms with Crippen LogP contribution in [0.15, 0.2) is 23.6 Å². The summed E-state index contributed by atoms with van der Waals surface area (Å²) in [7, 11) is 0. The number of nitrogens with one attached hydrogen (secondary N) is 1. The lowest BCUT2D eigenvalue weighted by atomic mass is 10.2. The Balaban J connectivity index is 2.16. The van der Waals surface area contributed by atoms with Crippen molar-refractivity contribution in [2.45, 2.75) is 24.9 Å². The molecule has 3 atom stereocenters. The lowest BCUT2D eigenvalue weighted by molar-refractivity contribution is -0.0461. The molecule has 1 amide bonds. The summed E-state index contributed by atoms with van der Waals surface area (Å²) in [4.78, 5) is 26.7. The van der Waals surface area contributed by atoms with Crippen molar-refractivity contribution < 1.29 is 28.9 Å². The number of nitrogens with zero attached hydrogens (tertiary/aromatic N) is 2. The van der Waals surface area contributed by atoms with Crippen LogP contribution in [-0.2, 0) is 9.47 Å². The molecule has 3 N–H and O–H groups in total. The molecule has 2 rings (SSSR count). The molecule has 0 bridgehead atoms. The van der Waals surface area contributed by atoms with Crippen molar-refractivity contribution in [1.82, 2.24) is 9.55 Å². The molecule has 0 saturated carbocycles. The number of carbonyl (C=O) groups is 1. The van der Waals surface area contributed by atoms with E-state index in [1.807, 2.05) is 5.32 Å². The molecular weight excluding hydrogens is 313 g/mol. The van der Waals surface area contributed by atoms with Gasteiger partial charge in [-0.2, -0.15) is 4.98 Å². The first-order valence-electron chi connectivity index (χ1n) is 6.74. The molecule has 1 aliphatic heterocycles. The van der Waals surface area contributed by atoms with Gasteiger partial charge < -0.3 is 19.7 Å². The van der Waals surface area contributed by atoms with Crippen molar-refractivity contribution in [2.75, 3.05) is 18.5 Å². The molecule has 1 aromatic heterocycles. The molecule has 1 aliphatic rings. The van der Waals surface area contributed by atoms with Crippen molar-refractivity contribution in [3.8, 4) is 0 Å². The van der Waals surface area contributed by atoms with E-state index in [-0.39, 0.29) is 13.0 Å². The number of amides is 1. The largest absolute Gasteiger partial charge is 0.445 e. The zero-order chi connectivity index (χ0) is 17.0. The Morgan fingerprint density at radius 1 is 1.70 bits per heavy atom. The quantitative estimate of drug-likeness (QED) is 0.637. The van der Waals surface area contributed by atoms with Gasteiger partial charge in [0.2, 0.25) is 0 Å². The third kappa shape index (κ3) is 3.92. The van der Waals surface area contributed by atoms with E-state index >= 15 is 0 Å². The Bertz CT molecular complexity index is 649. The second-order valence-electron chi connectivity index (χ2n) is 4.75. The van der Waals surface area contributed by atoms with Gasteiger partial charge in [0.05, 0.1) is 18.9 Å². The van der Waals surface area contributed by atoms with Gasteiger partial charge >= 0.3 is 11.8 Å². The van der Waals surface area contributed by atoms with E-state index in [1.54, 1.807) is 0 Å². The summed E-state index contributed by atoms with van der Waals surface area (Å²) in [5, 5.41) is 20.6. The van der Waals surface area contributed by atoms with Gasteiger partial charge in [-0.1, -0.05) is 12.7 Å². The van der Waals surface area contributed by atoms with Gasteiger partial charge in [0.15, 0.2) is 11.6 Å². The summed E-state index contributed by atoms with van der Waals surface area (Å²) in [5.74, 6) is -1.57. The molecule has 0 radical (unpaired) electrons. The van der Waals surface area contributed by atoms with Crippen LogP contribution in [0.2, 0.25) is 0 Å². The van der Waals surface area contributed by atoms with Crippen LogP contribution in [0.3, 0.4) is 0 Å². The van der Waals surface area contributed by atoms with Crippen LogP contribution in [0.5, 0.6) is 0 Å². The SMILES string of the molecule is C=CCOC(=O)Nc1nc(=O)n([C@H]2CC(O)[C@@H](CO)O2)cc1F. The maximum atomic E-state index is 14.0. The Kier molecular flexibility index (Phi) is 5.42. The fourth-order valence-electron chi connectivity index (χ4n) is 2.06. The van der Waals surface area contributed by atoms with Crippen molar-refractivity contribution >= 4 is 11.9 Å². The molecule has 2 heterocycles. The monoisotopic (exact) mass is 329 g/mol. The van der Waals surface area contributed by atoms with E-state index in [4.69, 9.17) is 9.84 Å². The van der Waals surface area contributed by atoms with Crippen LogP contribution in [0.25, 0.3) is 0 Å². The minimum Gasteiger partial charge on any atom is -0.445 e. The zero-order valence-electron chi connectivity index (χ0n) is 12.0. The summed E-state index contributed by atoms with van der Waals surface area (Å²) in [6.07, 6.45) is -1.66. The van der Waals surface area contributed by atoms with E-state index < -0.39 is 48.5 Å². The first kappa shape index (κ1) is 17.1. The molecule has 1 unspecified atom stereocenters. The van der Waals surface area contributed by atoms with Gasteiger partial charge in [-0.15, -0.1) is 0 Å². The number of hydrogen-bond donors (Lipinski definition) is 3. The predicted molar refractivity (Wildman–Crippen MR) is 75.2 cm³/mol. The summed E-state index contributed by atoms with van der Waals surface area (Å²) < 4.78 is 24.6. The molecule has 23 heavy (non-hydrogen) atoms. The summed E-state index contributed by atoms with van der Waals surface area (Å²) in [6.45, 7) is 2.83. The molecule has 0 spiro atoms. The highest BCUT2D eigenvalue weighted by molar-refractivity contribution is 5.83. The Hall–Kier alpha value is -2.30. The first-order valence-corrected chi connectivity index (χ1v) is 6.74. The molecule has 1 fully saturated rings. The van der Waals surface area contributed by atoms with Crippen molar-refractivity contribution in [2.24, 2.45) is 0 Å². The molecule has 10 heteroatoms. The van der Waals surface area contributed by atoms with Gasteiger partial charge in [0.1, 0.15) is 18.9 Å². The maximum absolute atomic E-state index is 14.0. The highest BCUT2D eigenvalue weighted by atomic mass is 19.1. The number of hydrogen-bond acceptors (Lipinski definition) is 7. The van der Waals surface area contributed by atoms with Crippen LogP contribution in [0.4, 0.5) is 15.0 Å². The standard InChI is InChI=1S/C13H16FN3O6/c1-2-3-22-13(21)16-11-7(14)5-17(12(20)15-11)10-4-8(19)9(6-18)23-10/h2,5,8-10,18-19H,1,3-4,6H2,(H,15,16,20,21)/t8?,9-,10-/m1/s1. The summed E-state index contributed by atoms with van der Waals surface area (Å²) in [6, 6.07) is 0. The number of aromatic nitrogens is 2. The molecule has 1 aromatic rings.